The fraction of sp³-hybridized carbons (Fsp3) is 0.875. The normalized spacial score (nSPS) is 22.6. The largest absolute Gasteiger partial charge is 0.378 e. The number of ether oxygens (including phenoxy) is 1. The highest BCUT2D eigenvalue weighted by Gasteiger charge is 2.26. The Kier molecular flexibility index (Phi) is 6.02. The van der Waals surface area contributed by atoms with Crippen LogP contribution in [-0.4, -0.2) is 42.9 Å². The van der Waals surface area contributed by atoms with Gasteiger partial charge in [0.2, 0.25) is 5.91 Å². The molecule has 1 saturated carbocycles. The summed E-state index contributed by atoms with van der Waals surface area (Å²) in [5.74, 6) is 0.880. The number of hydrogen-bond donors (Lipinski definition) is 0. The summed E-state index contributed by atoms with van der Waals surface area (Å²) in [5, 5.41) is 0. The second-order valence-electron chi connectivity index (χ2n) is 6.24. The lowest BCUT2D eigenvalue weighted by Crippen LogP contribution is -2.42. The number of Topliss-reactive ketones (excluding diaryl/α,β-unsaturated/α-hetero) is 1. The van der Waals surface area contributed by atoms with Crippen molar-refractivity contribution in [2.45, 2.75) is 51.9 Å². The molecule has 0 aromatic heterocycles. The number of ketones is 1. The molecule has 0 N–H and O–H groups in total. The number of rotatable bonds is 5. The standard InChI is InChI=1S/C16H27NO3/c1-13(18)15(11-14-5-3-2-4-6-14)12-16(19)17-7-9-20-10-8-17/h14-15H,2-12H2,1H3/t15-/m1/s1. The van der Waals surface area contributed by atoms with Crippen LogP contribution in [0.5, 0.6) is 0 Å². The molecule has 0 spiro atoms. The lowest BCUT2D eigenvalue weighted by Gasteiger charge is -2.29. The van der Waals surface area contributed by atoms with Gasteiger partial charge in [-0.25, -0.2) is 0 Å². The maximum Gasteiger partial charge on any atom is 0.223 e. The molecule has 4 heteroatoms. The highest BCUT2D eigenvalue weighted by molar-refractivity contribution is 5.85. The van der Waals surface area contributed by atoms with E-state index in [0.717, 1.165) is 6.42 Å². The first-order chi connectivity index (χ1) is 9.66. The summed E-state index contributed by atoms with van der Waals surface area (Å²) in [5.41, 5.74) is 0. The monoisotopic (exact) mass is 281 g/mol. The van der Waals surface area contributed by atoms with E-state index in [1.807, 2.05) is 4.90 Å². The topological polar surface area (TPSA) is 46.6 Å². The fourth-order valence-electron chi connectivity index (χ4n) is 3.37. The second kappa shape index (κ2) is 7.77. The zero-order valence-corrected chi connectivity index (χ0v) is 12.6. The van der Waals surface area contributed by atoms with Crippen LogP contribution in [0.3, 0.4) is 0 Å². The summed E-state index contributed by atoms with van der Waals surface area (Å²) >= 11 is 0. The van der Waals surface area contributed by atoms with Gasteiger partial charge in [0, 0.05) is 25.4 Å². The fourth-order valence-corrected chi connectivity index (χ4v) is 3.37. The molecule has 1 heterocycles. The smallest absolute Gasteiger partial charge is 0.223 e. The van der Waals surface area contributed by atoms with E-state index in [4.69, 9.17) is 4.74 Å². The third-order valence-electron chi connectivity index (χ3n) is 4.70. The number of amides is 1. The van der Waals surface area contributed by atoms with E-state index in [9.17, 15) is 9.59 Å². The summed E-state index contributed by atoms with van der Waals surface area (Å²) in [7, 11) is 0. The van der Waals surface area contributed by atoms with Crippen molar-refractivity contribution in [1.82, 2.24) is 4.90 Å². The van der Waals surface area contributed by atoms with Gasteiger partial charge in [0.25, 0.3) is 0 Å². The number of carbonyl (C=O) groups is 2. The summed E-state index contributed by atoms with van der Waals surface area (Å²) in [6.45, 7) is 4.23. The molecule has 20 heavy (non-hydrogen) atoms. The summed E-state index contributed by atoms with van der Waals surface area (Å²) in [6.07, 6.45) is 7.66. The minimum absolute atomic E-state index is 0.0755. The van der Waals surface area contributed by atoms with Crippen LogP contribution in [0, 0.1) is 11.8 Å². The zero-order valence-electron chi connectivity index (χ0n) is 12.6. The molecule has 1 aliphatic carbocycles. The minimum Gasteiger partial charge on any atom is -0.378 e. The molecule has 114 valence electrons. The van der Waals surface area contributed by atoms with Gasteiger partial charge < -0.3 is 9.64 Å². The average Bonchev–Trinajstić information content (AvgIpc) is 2.48. The Morgan fingerprint density at radius 1 is 1.15 bits per heavy atom. The summed E-state index contributed by atoms with van der Waals surface area (Å²) in [6, 6.07) is 0. The van der Waals surface area contributed by atoms with Crippen LogP contribution in [-0.2, 0) is 14.3 Å². The Hall–Kier alpha value is -0.900. The van der Waals surface area contributed by atoms with Gasteiger partial charge in [-0.1, -0.05) is 32.1 Å². The summed E-state index contributed by atoms with van der Waals surface area (Å²) in [4.78, 5) is 26.0. The predicted molar refractivity (Wildman–Crippen MR) is 77.4 cm³/mol. The SMILES string of the molecule is CC(=O)[C@@H](CC(=O)N1CCOCC1)CC1CCCCC1. The lowest BCUT2D eigenvalue weighted by molar-refractivity contribution is -0.138. The van der Waals surface area contributed by atoms with Crippen molar-refractivity contribution in [3.05, 3.63) is 0 Å². The minimum atomic E-state index is -0.0755. The van der Waals surface area contributed by atoms with E-state index >= 15 is 0 Å². The zero-order chi connectivity index (χ0) is 14.4. The average molecular weight is 281 g/mol. The lowest BCUT2D eigenvalue weighted by atomic mass is 9.80. The van der Waals surface area contributed by atoms with Gasteiger partial charge in [0.05, 0.1) is 13.2 Å². The number of nitrogens with zero attached hydrogens (tertiary/aromatic N) is 1. The first-order valence-electron chi connectivity index (χ1n) is 8.03. The van der Waals surface area contributed by atoms with E-state index in [1.54, 1.807) is 6.92 Å². The van der Waals surface area contributed by atoms with Crippen LogP contribution in [0.15, 0.2) is 0 Å². The van der Waals surface area contributed by atoms with E-state index < -0.39 is 0 Å². The quantitative estimate of drug-likeness (QED) is 0.777. The molecule has 0 aromatic carbocycles. The van der Waals surface area contributed by atoms with Crippen LogP contribution < -0.4 is 0 Å². The maximum absolute atomic E-state index is 12.3. The van der Waals surface area contributed by atoms with E-state index in [1.165, 1.54) is 32.1 Å². The number of carbonyl (C=O) groups excluding carboxylic acids is 2. The second-order valence-corrected chi connectivity index (χ2v) is 6.24. The van der Waals surface area contributed by atoms with Gasteiger partial charge >= 0.3 is 0 Å². The number of hydrogen-bond acceptors (Lipinski definition) is 3. The molecule has 4 nitrogen and oxygen atoms in total. The molecule has 1 atom stereocenters. The van der Waals surface area contributed by atoms with Crippen molar-refractivity contribution in [1.29, 1.82) is 0 Å². The molecular formula is C16H27NO3. The molecule has 0 bridgehead atoms. The van der Waals surface area contributed by atoms with E-state index in [0.29, 0.717) is 38.6 Å². The molecule has 2 aliphatic rings. The molecule has 0 aromatic rings. The van der Waals surface area contributed by atoms with Gasteiger partial charge in [-0.3, -0.25) is 9.59 Å². The maximum atomic E-state index is 12.3. The van der Waals surface area contributed by atoms with Crippen molar-refractivity contribution < 1.29 is 14.3 Å². The third kappa shape index (κ3) is 4.58. The highest BCUT2D eigenvalue weighted by Crippen LogP contribution is 2.30. The first kappa shape index (κ1) is 15.5. The van der Waals surface area contributed by atoms with Crippen molar-refractivity contribution in [2.75, 3.05) is 26.3 Å². The molecule has 0 unspecified atom stereocenters. The Labute approximate surface area is 121 Å². The van der Waals surface area contributed by atoms with Gasteiger partial charge in [0.1, 0.15) is 5.78 Å². The van der Waals surface area contributed by atoms with Crippen molar-refractivity contribution in [2.24, 2.45) is 11.8 Å². The van der Waals surface area contributed by atoms with Crippen molar-refractivity contribution >= 4 is 11.7 Å². The predicted octanol–water partition coefficient (Wildman–Crippen LogP) is 2.41. The van der Waals surface area contributed by atoms with Gasteiger partial charge in [-0.05, 0) is 19.3 Å². The van der Waals surface area contributed by atoms with E-state index in [-0.39, 0.29) is 17.6 Å². The van der Waals surface area contributed by atoms with E-state index in [2.05, 4.69) is 0 Å². The van der Waals surface area contributed by atoms with Crippen molar-refractivity contribution in [3.63, 3.8) is 0 Å². The molecular weight excluding hydrogens is 254 g/mol. The molecule has 1 saturated heterocycles. The molecule has 0 radical (unpaired) electrons. The van der Waals surface area contributed by atoms with Gasteiger partial charge in [-0.2, -0.15) is 0 Å². The molecule has 1 aliphatic heterocycles. The van der Waals surface area contributed by atoms with Crippen molar-refractivity contribution in [3.8, 4) is 0 Å². The van der Waals surface area contributed by atoms with Crippen LogP contribution in [0.1, 0.15) is 51.9 Å². The van der Waals surface area contributed by atoms with Gasteiger partial charge in [0.15, 0.2) is 0 Å². The Balaban J connectivity index is 1.84. The Morgan fingerprint density at radius 2 is 1.80 bits per heavy atom. The van der Waals surface area contributed by atoms with Crippen LogP contribution in [0.25, 0.3) is 0 Å². The Bertz CT molecular complexity index is 331. The summed E-state index contributed by atoms with van der Waals surface area (Å²) < 4.78 is 5.26. The number of morpholine rings is 1. The highest BCUT2D eigenvalue weighted by atomic mass is 16.5. The molecule has 2 fully saturated rings. The first-order valence-corrected chi connectivity index (χ1v) is 8.03. The van der Waals surface area contributed by atoms with Crippen LogP contribution >= 0.6 is 0 Å². The van der Waals surface area contributed by atoms with Crippen LogP contribution in [0.4, 0.5) is 0 Å². The van der Waals surface area contributed by atoms with Crippen LogP contribution in [0.2, 0.25) is 0 Å². The van der Waals surface area contributed by atoms with Gasteiger partial charge in [-0.15, -0.1) is 0 Å². The third-order valence-corrected chi connectivity index (χ3v) is 4.70. The molecule has 1 amide bonds. The Morgan fingerprint density at radius 3 is 2.40 bits per heavy atom. The molecule has 2 rings (SSSR count).